The molecule has 1 aromatic heterocycles. The molecule has 2 heteroatoms. The molecule has 0 atom stereocenters. The van der Waals surface area contributed by atoms with Crippen molar-refractivity contribution in [2.45, 2.75) is 33.6 Å². The van der Waals surface area contributed by atoms with Crippen molar-refractivity contribution in [3.05, 3.63) is 29.1 Å². The maximum Gasteiger partial charge on any atom is 0.0888 e. The lowest BCUT2D eigenvalue weighted by molar-refractivity contribution is 0.896. The highest BCUT2D eigenvalue weighted by atomic mass is 15.1. The lowest BCUT2D eigenvalue weighted by Gasteiger charge is -2.09. The lowest BCUT2D eigenvalue weighted by Crippen LogP contribution is -2.01. The van der Waals surface area contributed by atoms with E-state index in [0.717, 1.165) is 18.5 Å². The van der Waals surface area contributed by atoms with Crippen LogP contribution in [0.2, 0.25) is 0 Å². The van der Waals surface area contributed by atoms with E-state index in [1.165, 1.54) is 11.1 Å². The molecule has 13 heavy (non-hydrogen) atoms. The Morgan fingerprint density at radius 2 is 2.08 bits per heavy atom. The fourth-order valence-electron chi connectivity index (χ4n) is 1.40. The summed E-state index contributed by atoms with van der Waals surface area (Å²) in [7, 11) is 0. The average molecular weight is 176 g/mol. The maximum absolute atomic E-state index is 4.04. The largest absolute Gasteiger partial charge is 0.158 e. The first-order chi connectivity index (χ1) is 6.38. The van der Waals surface area contributed by atoms with Crippen molar-refractivity contribution in [3.8, 4) is 0 Å². The van der Waals surface area contributed by atoms with Gasteiger partial charge in [-0.2, -0.15) is 10.2 Å². The van der Waals surface area contributed by atoms with Crippen molar-refractivity contribution in [2.24, 2.45) is 0 Å². The van der Waals surface area contributed by atoms with Gasteiger partial charge in [0.2, 0.25) is 0 Å². The van der Waals surface area contributed by atoms with Crippen molar-refractivity contribution in [3.63, 3.8) is 0 Å². The van der Waals surface area contributed by atoms with Crippen molar-refractivity contribution in [1.82, 2.24) is 10.2 Å². The molecule has 0 aromatic carbocycles. The van der Waals surface area contributed by atoms with Gasteiger partial charge in [-0.25, -0.2) is 0 Å². The van der Waals surface area contributed by atoms with Gasteiger partial charge >= 0.3 is 0 Å². The van der Waals surface area contributed by atoms with Crippen LogP contribution < -0.4 is 0 Å². The highest BCUT2D eigenvalue weighted by molar-refractivity contribution is 5.52. The summed E-state index contributed by atoms with van der Waals surface area (Å²) in [5, 5.41) is 7.94. The Hall–Kier alpha value is -1.18. The lowest BCUT2D eigenvalue weighted by atomic mass is 9.99. The molecule has 0 fully saturated rings. The molecule has 0 amide bonds. The smallest absolute Gasteiger partial charge is 0.0888 e. The van der Waals surface area contributed by atoms with Crippen molar-refractivity contribution in [2.75, 3.05) is 0 Å². The van der Waals surface area contributed by atoms with Gasteiger partial charge < -0.3 is 0 Å². The zero-order chi connectivity index (χ0) is 9.68. The van der Waals surface area contributed by atoms with Gasteiger partial charge in [0, 0.05) is 0 Å². The summed E-state index contributed by atoms with van der Waals surface area (Å²) >= 11 is 0. The summed E-state index contributed by atoms with van der Waals surface area (Å²) in [5.41, 5.74) is 3.68. The zero-order valence-electron chi connectivity index (χ0n) is 8.54. The molecule has 1 aliphatic rings. The zero-order valence-corrected chi connectivity index (χ0v) is 8.54. The van der Waals surface area contributed by atoms with Gasteiger partial charge in [0.1, 0.15) is 0 Å². The fourth-order valence-corrected chi connectivity index (χ4v) is 1.40. The Balaban J connectivity index is 0.000000396. The normalized spacial score (nSPS) is 12.8. The molecule has 1 aliphatic carbocycles. The van der Waals surface area contributed by atoms with Gasteiger partial charge in [0.05, 0.1) is 11.9 Å². The quantitative estimate of drug-likeness (QED) is 0.607. The predicted molar refractivity (Wildman–Crippen MR) is 55.5 cm³/mol. The van der Waals surface area contributed by atoms with E-state index in [2.05, 4.69) is 29.3 Å². The Morgan fingerprint density at radius 1 is 1.31 bits per heavy atom. The SMILES string of the molecule is CC.Cc1cnnc2c1CCC=C2. The summed E-state index contributed by atoms with van der Waals surface area (Å²) < 4.78 is 0. The van der Waals surface area contributed by atoms with Crippen LogP contribution in [0.1, 0.15) is 37.1 Å². The van der Waals surface area contributed by atoms with Crippen LogP contribution in [-0.4, -0.2) is 10.2 Å². The first kappa shape index (κ1) is 9.90. The molecule has 0 radical (unpaired) electrons. The van der Waals surface area contributed by atoms with Crippen LogP contribution in [0.3, 0.4) is 0 Å². The number of hydrogen-bond acceptors (Lipinski definition) is 2. The van der Waals surface area contributed by atoms with Crippen LogP contribution in [0.5, 0.6) is 0 Å². The van der Waals surface area contributed by atoms with E-state index in [1.807, 2.05) is 20.0 Å². The van der Waals surface area contributed by atoms with Crippen LogP contribution in [0.25, 0.3) is 6.08 Å². The van der Waals surface area contributed by atoms with Crippen molar-refractivity contribution >= 4 is 6.08 Å². The Labute approximate surface area is 79.7 Å². The molecule has 1 heterocycles. The summed E-state index contributed by atoms with van der Waals surface area (Å²) in [6.07, 6.45) is 8.29. The highest BCUT2D eigenvalue weighted by Gasteiger charge is 2.07. The van der Waals surface area contributed by atoms with Gasteiger partial charge in [0.15, 0.2) is 0 Å². The fraction of sp³-hybridized carbons (Fsp3) is 0.455. The molecule has 0 saturated carbocycles. The molecule has 2 rings (SSSR count). The molecule has 2 nitrogen and oxygen atoms in total. The van der Waals surface area contributed by atoms with Gasteiger partial charge in [-0.05, 0) is 37.0 Å². The number of aromatic nitrogens is 2. The second-order valence-corrected chi connectivity index (χ2v) is 2.83. The van der Waals surface area contributed by atoms with Crippen LogP contribution in [0.15, 0.2) is 12.3 Å². The molecular formula is C11H16N2. The third kappa shape index (κ3) is 2.14. The minimum atomic E-state index is 1.05. The molecule has 0 aliphatic heterocycles. The van der Waals surface area contributed by atoms with E-state index >= 15 is 0 Å². The van der Waals surface area contributed by atoms with E-state index in [1.54, 1.807) is 0 Å². The van der Waals surface area contributed by atoms with Crippen LogP contribution in [0.4, 0.5) is 0 Å². The molecule has 0 saturated heterocycles. The third-order valence-corrected chi connectivity index (χ3v) is 2.04. The average Bonchev–Trinajstić information content (AvgIpc) is 2.22. The predicted octanol–water partition coefficient (Wildman–Crippen LogP) is 2.77. The first-order valence-electron chi connectivity index (χ1n) is 4.85. The minimum absolute atomic E-state index is 1.05. The Bertz CT molecular complexity index is 303. The highest BCUT2D eigenvalue weighted by Crippen LogP contribution is 2.18. The summed E-state index contributed by atoms with van der Waals surface area (Å²) in [6, 6.07) is 0. The molecule has 0 unspecified atom stereocenters. The molecular weight excluding hydrogens is 160 g/mol. The second-order valence-electron chi connectivity index (χ2n) is 2.83. The van der Waals surface area contributed by atoms with Crippen LogP contribution in [-0.2, 0) is 6.42 Å². The number of rotatable bonds is 0. The van der Waals surface area contributed by atoms with Gasteiger partial charge in [-0.3, -0.25) is 0 Å². The topological polar surface area (TPSA) is 25.8 Å². The van der Waals surface area contributed by atoms with E-state index in [9.17, 15) is 0 Å². The number of nitrogens with zero attached hydrogens (tertiary/aromatic N) is 2. The standard InChI is InChI=1S/C9H10N2.C2H6/c1-7-6-10-11-9-5-3-2-4-8(7)9;1-2/h3,5-6H,2,4H2,1H3;1-2H3. The first-order valence-corrected chi connectivity index (χ1v) is 4.85. The minimum Gasteiger partial charge on any atom is -0.158 e. The van der Waals surface area contributed by atoms with Crippen molar-refractivity contribution < 1.29 is 0 Å². The molecule has 0 spiro atoms. The number of hydrogen-bond donors (Lipinski definition) is 0. The number of allylic oxidation sites excluding steroid dienone is 1. The molecule has 0 N–H and O–H groups in total. The molecule has 0 bridgehead atoms. The van der Waals surface area contributed by atoms with Crippen LogP contribution in [0, 0.1) is 6.92 Å². The Kier molecular flexibility index (Phi) is 3.62. The second kappa shape index (κ2) is 4.75. The summed E-state index contributed by atoms with van der Waals surface area (Å²) in [4.78, 5) is 0. The number of aryl methyl sites for hydroxylation is 1. The molecule has 1 aromatic rings. The van der Waals surface area contributed by atoms with E-state index in [-0.39, 0.29) is 0 Å². The summed E-state index contributed by atoms with van der Waals surface area (Å²) in [5.74, 6) is 0. The van der Waals surface area contributed by atoms with E-state index < -0.39 is 0 Å². The summed E-state index contributed by atoms with van der Waals surface area (Å²) in [6.45, 7) is 6.09. The third-order valence-electron chi connectivity index (χ3n) is 2.04. The molecule has 70 valence electrons. The van der Waals surface area contributed by atoms with Crippen molar-refractivity contribution in [1.29, 1.82) is 0 Å². The van der Waals surface area contributed by atoms with E-state index in [4.69, 9.17) is 0 Å². The number of fused-ring (bicyclic) bond motifs is 1. The van der Waals surface area contributed by atoms with Gasteiger partial charge in [-0.1, -0.05) is 19.9 Å². The maximum atomic E-state index is 4.04. The van der Waals surface area contributed by atoms with Crippen LogP contribution >= 0.6 is 0 Å². The monoisotopic (exact) mass is 176 g/mol. The van der Waals surface area contributed by atoms with Gasteiger partial charge in [-0.15, -0.1) is 0 Å². The Morgan fingerprint density at radius 3 is 2.77 bits per heavy atom. The van der Waals surface area contributed by atoms with E-state index in [0.29, 0.717) is 0 Å². The van der Waals surface area contributed by atoms with Gasteiger partial charge in [0.25, 0.3) is 0 Å².